The fourth-order valence-corrected chi connectivity index (χ4v) is 5.05. The molecular formula is C25H34N4O8. The lowest BCUT2D eigenvalue weighted by atomic mass is 9.77. The van der Waals surface area contributed by atoms with Crippen LogP contribution in [0.3, 0.4) is 0 Å². The van der Waals surface area contributed by atoms with Crippen LogP contribution < -0.4 is 5.32 Å². The third-order valence-corrected chi connectivity index (χ3v) is 6.48. The van der Waals surface area contributed by atoms with Crippen LogP contribution in [0.25, 0.3) is 0 Å². The summed E-state index contributed by atoms with van der Waals surface area (Å²) in [5.74, 6) is -1.56. The van der Waals surface area contributed by atoms with Crippen molar-refractivity contribution in [2.45, 2.75) is 88.9 Å². The Bertz CT molecular complexity index is 1040. The van der Waals surface area contributed by atoms with E-state index >= 15 is 0 Å². The minimum Gasteiger partial charge on any atom is -0.458 e. The fourth-order valence-electron chi connectivity index (χ4n) is 5.05. The number of carbonyl (C=O) groups is 3. The number of ether oxygens (including phenoxy) is 4. The maximum absolute atomic E-state index is 13.5. The van der Waals surface area contributed by atoms with Gasteiger partial charge in [-0.2, -0.15) is 5.11 Å². The largest absolute Gasteiger partial charge is 0.458 e. The van der Waals surface area contributed by atoms with Crippen LogP contribution in [0, 0.1) is 0 Å². The van der Waals surface area contributed by atoms with Gasteiger partial charge in [0.15, 0.2) is 17.9 Å². The van der Waals surface area contributed by atoms with Gasteiger partial charge in [0.05, 0.1) is 25.3 Å². The molecule has 4 rings (SSSR count). The van der Waals surface area contributed by atoms with Crippen LogP contribution in [0.4, 0.5) is 0 Å². The molecule has 12 nitrogen and oxygen atoms in total. The first kappa shape index (κ1) is 27.0. The third kappa shape index (κ3) is 5.60. The molecular weight excluding hydrogens is 484 g/mol. The van der Waals surface area contributed by atoms with E-state index in [9.17, 15) is 19.5 Å². The maximum atomic E-state index is 13.5. The van der Waals surface area contributed by atoms with Gasteiger partial charge in [0.25, 0.3) is 0 Å². The van der Waals surface area contributed by atoms with Gasteiger partial charge in [-0.05, 0) is 20.8 Å². The molecule has 37 heavy (non-hydrogen) atoms. The SMILES string of the molecule is CC(=O)N[C@H]1[C@H]([C@@H]2O[C@H](c3ccccc3)OC[C@H]2OC(C)=O)N2N=NC[C@@]2(C(=O)OC(C)(C)C)C[C@H]1O. The number of aliphatic hydroxyl groups is 1. The summed E-state index contributed by atoms with van der Waals surface area (Å²) in [5, 5.41) is 23.9. The molecule has 2 fully saturated rings. The Balaban J connectivity index is 1.77. The van der Waals surface area contributed by atoms with E-state index in [1.165, 1.54) is 18.9 Å². The minimum absolute atomic E-state index is 0.0202. The molecule has 202 valence electrons. The molecule has 3 heterocycles. The Morgan fingerprint density at radius 3 is 2.51 bits per heavy atom. The topological polar surface area (TPSA) is 148 Å². The molecule has 2 N–H and O–H groups in total. The zero-order chi connectivity index (χ0) is 27.0. The number of aliphatic hydroxyl groups excluding tert-OH is 1. The van der Waals surface area contributed by atoms with E-state index < -0.39 is 65.7 Å². The first-order valence-corrected chi connectivity index (χ1v) is 12.3. The number of esters is 2. The van der Waals surface area contributed by atoms with E-state index in [0.29, 0.717) is 0 Å². The lowest BCUT2D eigenvalue weighted by Crippen LogP contribution is -2.75. The van der Waals surface area contributed by atoms with Crippen molar-refractivity contribution in [3.63, 3.8) is 0 Å². The second-order valence-electron chi connectivity index (χ2n) is 10.6. The van der Waals surface area contributed by atoms with Gasteiger partial charge >= 0.3 is 11.9 Å². The number of benzene rings is 1. The van der Waals surface area contributed by atoms with E-state index in [4.69, 9.17) is 18.9 Å². The van der Waals surface area contributed by atoms with Gasteiger partial charge in [0.2, 0.25) is 5.91 Å². The third-order valence-electron chi connectivity index (χ3n) is 6.48. The summed E-state index contributed by atoms with van der Waals surface area (Å²) in [7, 11) is 0. The predicted octanol–water partition coefficient (Wildman–Crippen LogP) is 1.43. The average molecular weight is 519 g/mol. The molecule has 1 aromatic rings. The van der Waals surface area contributed by atoms with Crippen molar-refractivity contribution in [1.82, 2.24) is 10.3 Å². The summed E-state index contributed by atoms with van der Waals surface area (Å²) in [6.45, 7) is 7.76. The van der Waals surface area contributed by atoms with Crippen molar-refractivity contribution in [3.05, 3.63) is 35.9 Å². The molecule has 3 aliphatic rings. The Morgan fingerprint density at radius 1 is 1.19 bits per heavy atom. The number of rotatable bonds is 5. The smallest absolute Gasteiger partial charge is 0.336 e. The number of piperidine rings is 1. The maximum Gasteiger partial charge on any atom is 0.336 e. The first-order chi connectivity index (χ1) is 17.4. The van der Waals surface area contributed by atoms with Crippen molar-refractivity contribution >= 4 is 17.8 Å². The van der Waals surface area contributed by atoms with Gasteiger partial charge < -0.3 is 29.4 Å². The molecule has 0 unspecified atom stereocenters. The molecule has 7 atom stereocenters. The van der Waals surface area contributed by atoms with Crippen LogP contribution in [0.2, 0.25) is 0 Å². The summed E-state index contributed by atoms with van der Waals surface area (Å²) in [4.78, 5) is 37.7. The van der Waals surface area contributed by atoms with Crippen LogP contribution in [-0.4, -0.2) is 82.6 Å². The monoisotopic (exact) mass is 518 g/mol. The number of carbonyl (C=O) groups excluding carboxylic acids is 3. The number of hydrogen-bond donors (Lipinski definition) is 2. The summed E-state index contributed by atoms with van der Waals surface area (Å²) in [6.07, 6.45) is -3.98. The Labute approximate surface area is 215 Å². The number of nitrogens with one attached hydrogen (secondary N) is 1. The molecule has 0 radical (unpaired) electrons. The average Bonchev–Trinajstić information content (AvgIpc) is 3.23. The van der Waals surface area contributed by atoms with Crippen LogP contribution in [-0.2, 0) is 33.3 Å². The molecule has 0 spiro atoms. The molecule has 0 aliphatic carbocycles. The van der Waals surface area contributed by atoms with Gasteiger partial charge in [-0.3, -0.25) is 14.6 Å². The van der Waals surface area contributed by atoms with Crippen molar-refractivity contribution in [1.29, 1.82) is 0 Å². The van der Waals surface area contributed by atoms with Crippen LogP contribution in [0.1, 0.15) is 52.9 Å². The zero-order valence-corrected chi connectivity index (χ0v) is 21.6. The molecule has 3 aliphatic heterocycles. The normalized spacial score (nSPS) is 33.4. The Morgan fingerprint density at radius 2 is 1.89 bits per heavy atom. The van der Waals surface area contributed by atoms with Gasteiger partial charge in [-0.1, -0.05) is 35.6 Å². The fraction of sp³-hybridized carbons (Fsp3) is 0.640. The van der Waals surface area contributed by atoms with Crippen LogP contribution in [0.5, 0.6) is 0 Å². The summed E-state index contributed by atoms with van der Waals surface area (Å²) in [6, 6.07) is 7.30. The quantitative estimate of drug-likeness (QED) is 0.552. The number of amides is 1. The molecule has 12 heteroatoms. The van der Waals surface area contributed by atoms with Crippen molar-refractivity contribution in [2.24, 2.45) is 10.3 Å². The van der Waals surface area contributed by atoms with Gasteiger partial charge in [-0.25, -0.2) is 4.79 Å². The van der Waals surface area contributed by atoms with E-state index in [1.54, 1.807) is 20.8 Å². The lowest BCUT2D eigenvalue weighted by molar-refractivity contribution is -0.284. The predicted molar refractivity (Wildman–Crippen MR) is 128 cm³/mol. The molecule has 1 amide bonds. The van der Waals surface area contributed by atoms with E-state index in [0.717, 1.165) is 5.56 Å². The van der Waals surface area contributed by atoms with Crippen molar-refractivity contribution in [3.8, 4) is 0 Å². The van der Waals surface area contributed by atoms with Gasteiger partial charge in [0, 0.05) is 25.8 Å². The molecule has 0 aromatic heterocycles. The number of fused-ring (bicyclic) bond motifs is 1. The Kier molecular flexibility index (Phi) is 7.54. The first-order valence-electron chi connectivity index (χ1n) is 12.3. The summed E-state index contributed by atoms with van der Waals surface area (Å²) in [5.41, 5.74) is -1.51. The Hall–Kier alpha value is -3.09. The number of nitrogens with zero attached hydrogens (tertiary/aromatic N) is 3. The van der Waals surface area contributed by atoms with Crippen LogP contribution >= 0.6 is 0 Å². The molecule has 1 aromatic carbocycles. The standard InChI is InChI=1S/C25H34N4O8/c1-14(30)27-19-17(32)11-25(23(33)37-24(3,4)5)13-26-28-29(25)20(19)21-18(35-15(2)31)12-34-22(36-21)16-9-7-6-8-10-16/h6-10,17-22,32H,11-13H2,1-5H3,(H,27,30)/t17-,18-,19-,20-,21-,22-,25-/m1/s1. The summed E-state index contributed by atoms with van der Waals surface area (Å²) >= 11 is 0. The minimum atomic E-state index is -1.43. The van der Waals surface area contributed by atoms with E-state index in [-0.39, 0.29) is 19.6 Å². The van der Waals surface area contributed by atoms with Crippen molar-refractivity contribution in [2.75, 3.05) is 13.2 Å². The second kappa shape index (κ2) is 10.3. The summed E-state index contributed by atoms with van der Waals surface area (Å²) < 4.78 is 23.5. The highest BCUT2D eigenvalue weighted by Gasteiger charge is 2.63. The molecule has 0 bridgehead atoms. The second-order valence-corrected chi connectivity index (χ2v) is 10.6. The van der Waals surface area contributed by atoms with Crippen molar-refractivity contribution < 1.29 is 38.4 Å². The molecule has 2 saturated heterocycles. The highest BCUT2D eigenvalue weighted by atomic mass is 16.7. The highest BCUT2D eigenvalue weighted by molar-refractivity contribution is 5.82. The molecule has 0 saturated carbocycles. The zero-order valence-electron chi connectivity index (χ0n) is 21.6. The lowest BCUT2D eigenvalue weighted by Gasteiger charge is -2.53. The van der Waals surface area contributed by atoms with Gasteiger partial charge in [0.1, 0.15) is 17.7 Å². The number of hydrogen-bond acceptors (Lipinski definition) is 11. The van der Waals surface area contributed by atoms with Crippen LogP contribution in [0.15, 0.2) is 40.7 Å². The van der Waals surface area contributed by atoms with Gasteiger partial charge in [-0.15, -0.1) is 0 Å². The van der Waals surface area contributed by atoms with E-state index in [1.807, 2.05) is 30.3 Å². The highest BCUT2D eigenvalue weighted by Crippen LogP contribution is 2.43. The van der Waals surface area contributed by atoms with E-state index in [2.05, 4.69) is 15.7 Å².